The van der Waals surface area contributed by atoms with Crippen LogP contribution in [0.4, 0.5) is 0 Å². The van der Waals surface area contributed by atoms with Crippen molar-refractivity contribution in [1.82, 2.24) is 0 Å². The van der Waals surface area contributed by atoms with Gasteiger partial charge in [-0.2, -0.15) is 0 Å². The van der Waals surface area contributed by atoms with E-state index in [1.165, 1.54) is 49.7 Å². The maximum absolute atomic E-state index is 11.8. The Kier molecular flexibility index (Phi) is 2.85. The third-order valence-corrected chi connectivity index (χ3v) is 7.92. The molecule has 3 fully saturated rings. The second-order valence-electron chi connectivity index (χ2n) is 8.57. The molecule has 0 spiro atoms. The van der Waals surface area contributed by atoms with Crippen LogP contribution in [0.25, 0.3) is 0 Å². The molecule has 1 nitrogen and oxygen atoms in total. The van der Waals surface area contributed by atoms with Crippen LogP contribution in [-0.2, 0) is 4.79 Å². The van der Waals surface area contributed by atoms with E-state index in [1.807, 2.05) is 6.08 Å². The Hall–Kier alpha value is -0.850. The predicted molar refractivity (Wildman–Crippen MR) is 85.9 cm³/mol. The minimum absolute atomic E-state index is 0.322. The number of fused-ring (bicyclic) bond motifs is 5. The maximum atomic E-state index is 11.8. The number of carbonyl (C=O) groups is 1. The number of carbonyl (C=O) groups excluding carboxylic acids is 1. The minimum Gasteiger partial charge on any atom is -0.295 e. The van der Waals surface area contributed by atoms with Crippen LogP contribution < -0.4 is 0 Å². The van der Waals surface area contributed by atoms with Crippen molar-refractivity contribution in [3.63, 3.8) is 0 Å². The fraction of sp³-hybridized carbons (Fsp3) is 0.750. The van der Waals surface area contributed by atoms with Crippen LogP contribution in [0.5, 0.6) is 0 Å². The summed E-state index contributed by atoms with van der Waals surface area (Å²) < 4.78 is 0. The van der Waals surface area contributed by atoms with E-state index in [0.717, 1.165) is 30.6 Å². The van der Waals surface area contributed by atoms with Crippen LogP contribution in [-0.4, -0.2) is 5.78 Å². The van der Waals surface area contributed by atoms with Gasteiger partial charge in [-0.1, -0.05) is 31.6 Å². The van der Waals surface area contributed by atoms with Crippen molar-refractivity contribution < 1.29 is 4.79 Å². The number of rotatable bonds is 0. The highest BCUT2D eigenvalue weighted by atomic mass is 16.1. The molecular formula is C20H28O. The lowest BCUT2D eigenvalue weighted by atomic mass is 9.47. The zero-order chi connectivity index (χ0) is 14.8. The normalized spacial score (nSPS) is 49.2. The van der Waals surface area contributed by atoms with E-state index in [-0.39, 0.29) is 0 Å². The maximum Gasteiger partial charge on any atom is 0.155 e. The van der Waals surface area contributed by atoms with E-state index in [9.17, 15) is 4.79 Å². The summed E-state index contributed by atoms with van der Waals surface area (Å²) in [6.07, 6.45) is 11.7. The Morgan fingerprint density at radius 1 is 1.00 bits per heavy atom. The summed E-state index contributed by atoms with van der Waals surface area (Å²) in [5, 5.41) is 0. The summed E-state index contributed by atoms with van der Waals surface area (Å²) >= 11 is 0. The van der Waals surface area contributed by atoms with Gasteiger partial charge in [-0.05, 0) is 79.6 Å². The van der Waals surface area contributed by atoms with Crippen molar-refractivity contribution in [2.75, 3.05) is 0 Å². The van der Waals surface area contributed by atoms with Gasteiger partial charge in [0.15, 0.2) is 5.78 Å². The molecule has 0 amide bonds. The highest BCUT2D eigenvalue weighted by Gasteiger charge is 2.57. The van der Waals surface area contributed by atoms with Crippen molar-refractivity contribution in [2.24, 2.45) is 28.6 Å². The highest BCUT2D eigenvalue weighted by Crippen LogP contribution is 2.66. The molecule has 0 aromatic carbocycles. The molecule has 0 saturated heterocycles. The Morgan fingerprint density at radius 2 is 1.76 bits per heavy atom. The van der Waals surface area contributed by atoms with Gasteiger partial charge in [0.2, 0.25) is 0 Å². The molecule has 0 aromatic rings. The van der Waals surface area contributed by atoms with Crippen LogP contribution in [0.15, 0.2) is 23.8 Å². The van der Waals surface area contributed by atoms with E-state index in [1.54, 1.807) is 0 Å². The summed E-state index contributed by atoms with van der Waals surface area (Å²) in [6, 6.07) is 0. The molecule has 1 heteroatoms. The lowest BCUT2D eigenvalue weighted by Gasteiger charge is -2.57. The van der Waals surface area contributed by atoms with Crippen LogP contribution in [0.1, 0.15) is 65.2 Å². The molecule has 114 valence electrons. The van der Waals surface area contributed by atoms with Gasteiger partial charge in [-0.25, -0.2) is 0 Å². The predicted octanol–water partition coefficient (Wildman–Crippen LogP) is 5.07. The standard InChI is InChI=1S/C20H28O/c1-13-4-7-17-16-6-5-14-12-15(21)8-10-20(14,3)18(16)9-11-19(13,17)2/h12,16-18H,1,4-11H2,2-3H3/t16-,17-,18-,19+,20-/m0/s1. The number of ketones is 1. The topological polar surface area (TPSA) is 17.1 Å². The van der Waals surface area contributed by atoms with Crippen LogP contribution in [0.3, 0.4) is 0 Å². The molecule has 0 radical (unpaired) electrons. The molecule has 4 rings (SSSR count). The number of allylic oxidation sites excluding steroid dienone is 2. The van der Waals surface area contributed by atoms with Crippen molar-refractivity contribution in [3.05, 3.63) is 23.8 Å². The van der Waals surface area contributed by atoms with E-state index in [4.69, 9.17) is 0 Å². The summed E-state index contributed by atoms with van der Waals surface area (Å²) in [5.41, 5.74) is 3.75. The summed E-state index contributed by atoms with van der Waals surface area (Å²) in [4.78, 5) is 11.8. The molecular weight excluding hydrogens is 256 g/mol. The van der Waals surface area contributed by atoms with Crippen LogP contribution in [0.2, 0.25) is 0 Å². The Bertz CT molecular complexity index is 542. The van der Waals surface area contributed by atoms with E-state index in [2.05, 4.69) is 20.4 Å². The molecule has 4 aliphatic carbocycles. The molecule has 0 aliphatic heterocycles. The second kappa shape index (κ2) is 4.33. The van der Waals surface area contributed by atoms with Gasteiger partial charge >= 0.3 is 0 Å². The lowest BCUT2D eigenvalue weighted by Crippen LogP contribution is -2.49. The average Bonchev–Trinajstić information content (AvgIpc) is 2.76. The largest absolute Gasteiger partial charge is 0.295 e. The number of hydrogen-bond acceptors (Lipinski definition) is 1. The molecule has 0 bridgehead atoms. The Balaban J connectivity index is 1.70. The van der Waals surface area contributed by atoms with Crippen molar-refractivity contribution >= 4 is 5.78 Å². The zero-order valence-electron chi connectivity index (χ0n) is 13.6. The fourth-order valence-electron chi connectivity index (χ4n) is 6.47. The molecule has 0 aromatic heterocycles. The average molecular weight is 284 g/mol. The first-order chi connectivity index (χ1) is 9.95. The molecule has 0 N–H and O–H groups in total. The van der Waals surface area contributed by atoms with Gasteiger partial charge in [0, 0.05) is 6.42 Å². The Labute approximate surface area is 128 Å². The van der Waals surface area contributed by atoms with Gasteiger partial charge < -0.3 is 0 Å². The number of hydrogen-bond donors (Lipinski definition) is 0. The molecule has 0 unspecified atom stereocenters. The minimum atomic E-state index is 0.322. The van der Waals surface area contributed by atoms with Gasteiger partial charge in [-0.3, -0.25) is 4.79 Å². The first-order valence-corrected chi connectivity index (χ1v) is 8.87. The fourth-order valence-corrected chi connectivity index (χ4v) is 6.47. The monoisotopic (exact) mass is 284 g/mol. The van der Waals surface area contributed by atoms with Gasteiger partial charge in [0.1, 0.15) is 0 Å². The van der Waals surface area contributed by atoms with Crippen LogP contribution in [0, 0.1) is 28.6 Å². The summed E-state index contributed by atoms with van der Waals surface area (Å²) in [5.74, 6) is 2.92. The van der Waals surface area contributed by atoms with Gasteiger partial charge in [0.05, 0.1) is 0 Å². The smallest absolute Gasteiger partial charge is 0.155 e. The summed E-state index contributed by atoms with van der Waals surface area (Å²) in [7, 11) is 0. The first-order valence-electron chi connectivity index (χ1n) is 8.87. The van der Waals surface area contributed by atoms with E-state index >= 15 is 0 Å². The quantitative estimate of drug-likeness (QED) is 0.567. The van der Waals surface area contributed by atoms with E-state index < -0.39 is 0 Å². The Morgan fingerprint density at radius 3 is 2.57 bits per heavy atom. The third-order valence-electron chi connectivity index (χ3n) is 7.92. The first kappa shape index (κ1) is 13.8. The third kappa shape index (κ3) is 1.72. The van der Waals surface area contributed by atoms with Crippen molar-refractivity contribution in [2.45, 2.75) is 65.2 Å². The van der Waals surface area contributed by atoms with Gasteiger partial charge in [0.25, 0.3) is 0 Å². The molecule has 21 heavy (non-hydrogen) atoms. The molecule has 3 saturated carbocycles. The zero-order valence-corrected chi connectivity index (χ0v) is 13.6. The lowest BCUT2D eigenvalue weighted by molar-refractivity contribution is -0.117. The molecule has 0 heterocycles. The van der Waals surface area contributed by atoms with Crippen molar-refractivity contribution in [1.29, 1.82) is 0 Å². The van der Waals surface area contributed by atoms with Crippen LogP contribution >= 0.6 is 0 Å². The van der Waals surface area contributed by atoms with Gasteiger partial charge in [-0.15, -0.1) is 0 Å². The van der Waals surface area contributed by atoms with Crippen molar-refractivity contribution in [3.8, 4) is 0 Å². The van der Waals surface area contributed by atoms with E-state index in [0.29, 0.717) is 16.6 Å². The summed E-state index contributed by atoms with van der Waals surface area (Å²) in [6.45, 7) is 9.35. The molecule has 4 aliphatic rings. The SMILES string of the molecule is C=C1CC[C@H]2[C@@H]3CCC4=CC(=O)CC[C@]4(C)[C@H]3CC[C@]12C. The second-order valence-corrected chi connectivity index (χ2v) is 8.57. The highest BCUT2D eigenvalue weighted by molar-refractivity contribution is 5.91. The molecule has 5 atom stereocenters.